The number of hydrogen-bond donors (Lipinski definition) is 1. The van der Waals surface area contributed by atoms with Crippen molar-refractivity contribution >= 4 is 37.8 Å². The highest BCUT2D eigenvalue weighted by atomic mass is 79.9. The van der Waals surface area contributed by atoms with E-state index < -0.39 is 0 Å². The molecule has 0 aliphatic carbocycles. The maximum absolute atomic E-state index is 11.4. The van der Waals surface area contributed by atoms with Crippen molar-refractivity contribution < 1.29 is 4.79 Å². The molecule has 1 rings (SSSR count). The summed E-state index contributed by atoms with van der Waals surface area (Å²) in [6.07, 6.45) is 1.54. The fourth-order valence-electron chi connectivity index (χ4n) is 0.831. The van der Waals surface area contributed by atoms with Crippen LogP contribution in [-0.4, -0.2) is 27.6 Å². The van der Waals surface area contributed by atoms with Crippen molar-refractivity contribution in [1.29, 1.82) is 0 Å². The number of carbonyl (C=O) groups excluding carboxylic acids is 1. The summed E-state index contributed by atoms with van der Waals surface area (Å²) in [5.41, 5.74) is 0.559. The largest absolute Gasteiger partial charge is 0.351 e. The quantitative estimate of drug-likeness (QED) is 0.856. The molecule has 0 fully saturated rings. The molecular weight excluding hydrogens is 302 g/mol. The van der Waals surface area contributed by atoms with Crippen LogP contribution in [0.15, 0.2) is 10.8 Å². The first-order valence-corrected chi connectivity index (χ1v) is 5.60. The van der Waals surface area contributed by atoms with E-state index in [0.717, 1.165) is 5.33 Å². The number of nitrogens with zero attached hydrogens (tertiary/aromatic N) is 2. The number of aryl methyl sites for hydroxylation is 1. The van der Waals surface area contributed by atoms with Crippen LogP contribution in [0.5, 0.6) is 0 Å². The second kappa shape index (κ2) is 4.76. The lowest BCUT2D eigenvalue weighted by atomic mass is 10.3. The Balaban J connectivity index is 2.71. The molecule has 13 heavy (non-hydrogen) atoms. The molecule has 0 atom stereocenters. The molecule has 1 amide bonds. The van der Waals surface area contributed by atoms with Gasteiger partial charge in [0.15, 0.2) is 0 Å². The average Bonchev–Trinajstić information content (AvgIpc) is 2.44. The standard InChI is InChI=1S/C7H9Br2N3O/c1-12-6(9)5(4-11-12)7(13)10-3-2-8/h4H,2-3H2,1H3,(H,10,13). The molecule has 0 aliphatic rings. The number of halogens is 2. The summed E-state index contributed by atoms with van der Waals surface area (Å²) >= 11 is 6.50. The topological polar surface area (TPSA) is 46.9 Å². The summed E-state index contributed by atoms with van der Waals surface area (Å²) in [6.45, 7) is 0.611. The SMILES string of the molecule is Cn1ncc(C(=O)NCCBr)c1Br. The van der Waals surface area contributed by atoms with Crippen LogP contribution in [-0.2, 0) is 7.05 Å². The molecule has 4 nitrogen and oxygen atoms in total. The number of aromatic nitrogens is 2. The van der Waals surface area contributed by atoms with Crippen LogP contribution in [0.1, 0.15) is 10.4 Å². The fraction of sp³-hybridized carbons (Fsp3) is 0.429. The number of alkyl halides is 1. The second-order valence-corrected chi connectivity index (χ2v) is 3.96. The van der Waals surface area contributed by atoms with E-state index in [0.29, 0.717) is 16.7 Å². The van der Waals surface area contributed by atoms with E-state index in [1.165, 1.54) is 6.20 Å². The highest BCUT2D eigenvalue weighted by Gasteiger charge is 2.12. The summed E-state index contributed by atoms with van der Waals surface area (Å²) in [7, 11) is 1.77. The normalized spacial score (nSPS) is 10.1. The lowest BCUT2D eigenvalue weighted by Gasteiger charge is -2.00. The highest BCUT2D eigenvalue weighted by Crippen LogP contribution is 2.14. The van der Waals surface area contributed by atoms with Gasteiger partial charge in [-0.1, -0.05) is 15.9 Å². The van der Waals surface area contributed by atoms with Gasteiger partial charge >= 0.3 is 0 Å². The predicted octanol–water partition coefficient (Wildman–Crippen LogP) is 1.31. The number of nitrogens with one attached hydrogen (secondary N) is 1. The Labute approximate surface area is 92.9 Å². The number of hydrogen-bond acceptors (Lipinski definition) is 2. The molecule has 1 N–H and O–H groups in total. The molecule has 1 aromatic rings. The van der Waals surface area contributed by atoms with Gasteiger partial charge in [-0.05, 0) is 15.9 Å². The van der Waals surface area contributed by atoms with Gasteiger partial charge < -0.3 is 5.32 Å². The molecule has 0 radical (unpaired) electrons. The molecule has 0 saturated heterocycles. The first-order chi connectivity index (χ1) is 6.16. The van der Waals surface area contributed by atoms with Crippen molar-refractivity contribution in [2.45, 2.75) is 0 Å². The summed E-state index contributed by atoms with van der Waals surface area (Å²) in [5, 5.41) is 7.42. The van der Waals surface area contributed by atoms with Gasteiger partial charge in [-0.3, -0.25) is 9.48 Å². The summed E-state index contributed by atoms with van der Waals surface area (Å²) < 4.78 is 2.29. The third-order valence-corrected chi connectivity index (χ3v) is 2.83. The minimum absolute atomic E-state index is 0.112. The van der Waals surface area contributed by atoms with Gasteiger partial charge in [-0.15, -0.1) is 0 Å². The lowest BCUT2D eigenvalue weighted by molar-refractivity contribution is 0.0955. The maximum Gasteiger partial charge on any atom is 0.255 e. The Hall–Kier alpha value is -0.360. The lowest BCUT2D eigenvalue weighted by Crippen LogP contribution is -2.25. The molecule has 1 heterocycles. The van der Waals surface area contributed by atoms with Crippen molar-refractivity contribution in [2.24, 2.45) is 7.05 Å². The van der Waals surface area contributed by atoms with Crippen LogP contribution in [0, 0.1) is 0 Å². The monoisotopic (exact) mass is 309 g/mol. The van der Waals surface area contributed by atoms with Gasteiger partial charge in [-0.25, -0.2) is 0 Å². The second-order valence-electron chi connectivity index (χ2n) is 2.42. The van der Waals surface area contributed by atoms with Crippen LogP contribution in [0.25, 0.3) is 0 Å². The van der Waals surface area contributed by atoms with Gasteiger partial charge in [-0.2, -0.15) is 5.10 Å². The zero-order chi connectivity index (χ0) is 9.84. The Bertz CT molecular complexity index is 311. The minimum atomic E-state index is -0.112. The van der Waals surface area contributed by atoms with Crippen LogP contribution < -0.4 is 5.32 Å². The zero-order valence-electron chi connectivity index (χ0n) is 7.05. The van der Waals surface area contributed by atoms with Crippen LogP contribution in [0.4, 0.5) is 0 Å². The van der Waals surface area contributed by atoms with E-state index in [-0.39, 0.29) is 5.91 Å². The Kier molecular flexibility index (Phi) is 3.92. The van der Waals surface area contributed by atoms with E-state index in [2.05, 4.69) is 42.3 Å². The molecule has 0 saturated carbocycles. The predicted molar refractivity (Wildman–Crippen MR) is 57.0 cm³/mol. The van der Waals surface area contributed by atoms with Gasteiger partial charge in [0.2, 0.25) is 0 Å². The van der Waals surface area contributed by atoms with Crippen molar-refractivity contribution in [3.8, 4) is 0 Å². The van der Waals surface area contributed by atoms with Gasteiger partial charge in [0.05, 0.1) is 11.8 Å². The molecule has 0 unspecified atom stereocenters. The van der Waals surface area contributed by atoms with Gasteiger partial charge in [0, 0.05) is 18.9 Å². The van der Waals surface area contributed by atoms with E-state index >= 15 is 0 Å². The molecule has 0 aliphatic heterocycles. The summed E-state index contributed by atoms with van der Waals surface area (Å²) in [6, 6.07) is 0. The summed E-state index contributed by atoms with van der Waals surface area (Å²) in [4.78, 5) is 11.4. The minimum Gasteiger partial charge on any atom is -0.351 e. The van der Waals surface area contributed by atoms with Crippen LogP contribution >= 0.6 is 31.9 Å². The molecule has 72 valence electrons. The molecule has 0 spiro atoms. The Morgan fingerprint density at radius 2 is 2.46 bits per heavy atom. The third kappa shape index (κ3) is 2.54. The van der Waals surface area contributed by atoms with E-state index in [1.54, 1.807) is 11.7 Å². The fourth-order valence-corrected chi connectivity index (χ4v) is 1.40. The van der Waals surface area contributed by atoms with E-state index in [1.807, 2.05) is 0 Å². The number of carbonyl (C=O) groups is 1. The zero-order valence-corrected chi connectivity index (χ0v) is 10.2. The number of rotatable bonds is 3. The van der Waals surface area contributed by atoms with Gasteiger partial charge in [0.25, 0.3) is 5.91 Å². The smallest absolute Gasteiger partial charge is 0.255 e. The molecule has 1 aromatic heterocycles. The van der Waals surface area contributed by atoms with Crippen molar-refractivity contribution in [3.05, 3.63) is 16.4 Å². The highest BCUT2D eigenvalue weighted by molar-refractivity contribution is 9.10. The van der Waals surface area contributed by atoms with E-state index in [9.17, 15) is 4.79 Å². The average molecular weight is 311 g/mol. The first-order valence-electron chi connectivity index (χ1n) is 3.68. The third-order valence-electron chi connectivity index (χ3n) is 1.49. The van der Waals surface area contributed by atoms with Crippen LogP contribution in [0.3, 0.4) is 0 Å². The Morgan fingerprint density at radius 3 is 2.92 bits per heavy atom. The van der Waals surface area contributed by atoms with Crippen LogP contribution in [0.2, 0.25) is 0 Å². The van der Waals surface area contributed by atoms with Crippen molar-refractivity contribution in [3.63, 3.8) is 0 Å². The molecular formula is C7H9Br2N3O. The van der Waals surface area contributed by atoms with E-state index in [4.69, 9.17) is 0 Å². The first kappa shape index (κ1) is 10.7. The molecule has 0 bridgehead atoms. The molecule has 6 heteroatoms. The summed E-state index contributed by atoms with van der Waals surface area (Å²) in [5.74, 6) is -0.112. The Morgan fingerprint density at radius 1 is 1.77 bits per heavy atom. The van der Waals surface area contributed by atoms with Crippen molar-refractivity contribution in [2.75, 3.05) is 11.9 Å². The maximum atomic E-state index is 11.4. The van der Waals surface area contributed by atoms with Gasteiger partial charge in [0.1, 0.15) is 4.60 Å². The number of amides is 1. The van der Waals surface area contributed by atoms with Crippen molar-refractivity contribution in [1.82, 2.24) is 15.1 Å². The molecule has 0 aromatic carbocycles.